The monoisotopic (exact) mass is 393 g/mol. The van der Waals surface area contributed by atoms with Crippen molar-refractivity contribution in [2.24, 2.45) is 0 Å². The molecule has 6 heteroatoms. The van der Waals surface area contributed by atoms with Gasteiger partial charge in [-0.1, -0.05) is 23.7 Å². The van der Waals surface area contributed by atoms with E-state index in [2.05, 4.69) is 22.8 Å². The third kappa shape index (κ3) is 5.30. The van der Waals surface area contributed by atoms with Crippen molar-refractivity contribution in [3.8, 4) is 0 Å². The van der Waals surface area contributed by atoms with Gasteiger partial charge < -0.3 is 15.0 Å². The number of benzene rings is 1. The Labute approximate surface area is 164 Å². The summed E-state index contributed by atoms with van der Waals surface area (Å²) in [6, 6.07) is 8.09. The molecule has 0 bridgehead atoms. The Morgan fingerprint density at radius 3 is 2.92 bits per heavy atom. The molecule has 1 aliphatic heterocycles. The van der Waals surface area contributed by atoms with Crippen LogP contribution in [0.1, 0.15) is 28.8 Å². The van der Waals surface area contributed by atoms with Crippen LogP contribution >= 0.6 is 22.9 Å². The van der Waals surface area contributed by atoms with Crippen LogP contribution in [0.3, 0.4) is 0 Å². The molecule has 1 saturated heterocycles. The minimum atomic E-state index is -0.0107. The van der Waals surface area contributed by atoms with Crippen LogP contribution in [0.15, 0.2) is 29.6 Å². The van der Waals surface area contributed by atoms with E-state index in [0.29, 0.717) is 11.6 Å². The number of nitrogens with one attached hydrogen (secondary N) is 2. The van der Waals surface area contributed by atoms with Crippen molar-refractivity contribution in [3.05, 3.63) is 50.7 Å². The molecule has 4 nitrogen and oxygen atoms in total. The van der Waals surface area contributed by atoms with Crippen LogP contribution in [0.4, 0.5) is 5.69 Å². The molecule has 1 aromatic heterocycles. The van der Waals surface area contributed by atoms with Crippen molar-refractivity contribution < 1.29 is 14.4 Å². The highest BCUT2D eigenvalue weighted by Crippen LogP contribution is 2.27. The summed E-state index contributed by atoms with van der Waals surface area (Å²) in [4.78, 5) is 15.2. The summed E-state index contributed by atoms with van der Waals surface area (Å²) in [6.45, 7) is 6.90. The number of anilines is 1. The van der Waals surface area contributed by atoms with Gasteiger partial charge in [-0.2, -0.15) is 0 Å². The molecule has 1 aromatic carbocycles. The molecular formula is C20H26ClN2O2S+. The molecule has 2 N–H and O–H groups in total. The fourth-order valence-electron chi connectivity index (χ4n) is 3.48. The summed E-state index contributed by atoms with van der Waals surface area (Å²) in [7, 11) is 0. The summed E-state index contributed by atoms with van der Waals surface area (Å²) >= 11 is 8.06. The molecule has 0 spiro atoms. The molecule has 3 rings (SSSR count). The molecule has 2 heterocycles. The maximum atomic E-state index is 12.7. The molecule has 0 radical (unpaired) electrons. The first kappa shape index (κ1) is 19.4. The second-order valence-corrected chi connectivity index (χ2v) is 8.45. The summed E-state index contributed by atoms with van der Waals surface area (Å²) < 4.78 is 5.78. The number of carbonyl (C=O) groups excluding carboxylic acids is 1. The van der Waals surface area contributed by atoms with E-state index >= 15 is 0 Å². The maximum absolute atomic E-state index is 12.7. The van der Waals surface area contributed by atoms with E-state index in [9.17, 15) is 4.79 Å². The second kappa shape index (κ2) is 9.00. The van der Waals surface area contributed by atoms with E-state index in [4.69, 9.17) is 16.3 Å². The number of thiophene rings is 1. The fraction of sp³-hybridized carbons (Fsp3) is 0.450. The number of halogens is 1. The number of aryl methyl sites for hydroxylation is 2. The van der Waals surface area contributed by atoms with Gasteiger partial charge in [-0.15, -0.1) is 11.3 Å². The minimum absolute atomic E-state index is 0.0107. The first-order valence-corrected chi connectivity index (χ1v) is 10.3. The van der Waals surface area contributed by atoms with Gasteiger partial charge in [-0.25, -0.2) is 0 Å². The molecule has 1 amide bonds. The number of ether oxygens (including phenoxy) is 1. The van der Waals surface area contributed by atoms with Crippen LogP contribution in [0, 0.1) is 13.8 Å². The van der Waals surface area contributed by atoms with Crippen LogP contribution < -0.4 is 10.2 Å². The summed E-state index contributed by atoms with van der Waals surface area (Å²) in [5, 5.41) is 5.68. The van der Waals surface area contributed by atoms with Crippen molar-refractivity contribution in [1.82, 2.24) is 0 Å². The SMILES string of the molecule is Cc1cc(C)c(NC(=O)C[NH+](Cc2cccs2)C[C@H]2CCCO2)c(Cl)c1. The lowest BCUT2D eigenvalue weighted by molar-refractivity contribution is -0.908. The predicted molar refractivity (Wildman–Crippen MR) is 107 cm³/mol. The zero-order valence-electron chi connectivity index (χ0n) is 15.3. The van der Waals surface area contributed by atoms with E-state index in [1.807, 2.05) is 26.0 Å². The quantitative estimate of drug-likeness (QED) is 0.758. The van der Waals surface area contributed by atoms with Crippen molar-refractivity contribution in [3.63, 3.8) is 0 Å². The molecule has 1 unspecified atom stereocenters. The molecule has 0 aliphatic carbocycles. The van der Waals surface area contributed by atoms with Crippen molar-refractivity contribution in [2.75, 3.05) is 25.0 Å². The number of hydrogen-bond acceptors (Lipinski definition) is 3. The van der Waals surface area contributed by atoms with Gasteiger partial charge in [-0.05, 0) is 55.3 Å². The molecule has 2 aromatic rings. The van der Waals surface area contributed by atoms with Gasteiger partial charge in [0, 0.05) is 6.61 Å². The van der Waals surface area contributed by atoms with Gasteiger partial charge in [-0.3, -0.25) is 4.79 Å². The molecule has 1 fully saturated rings. The highest BCUT2D eigenvalue weighted by Gasteiger charge is 2.24. The molecule has 0 saturated carbocycles. The zero-order chi connectivity index (χ0) is 18.5. The molecule has 1 aliphatic rings. The molecule has 26 heavy (non-hydrogen) atoms. The Morgan fingerprint density at radius 2 is 2.27 bits per heavy atom. The van der Waals surface area contributed by atoms with Crippen LogP contribution in [0.2, 0.25) is 5.02 Å². The Balaban J connectivity index is 1.66. The number of quaternary nitrogens is 1. The van der Waals surface area contributed by atoms with E-state index in [1.54, 1.807) is 11.3 Å². The zero-order valence-corrected chi connectivity index (χ0v) is 16.9. The Kier molecular flexibility index (Phi) is 6.70. The third-order valence-electron chi connectivity index (χ3n) is 4.65. The fourth-order valence-corrected chi connectivity index (χ4v) is 4.62. The van der Waals surface area contributed by atoms with Crippen molar-refractivity contribution >= 4 is 34.5 Å². The molecular weight excluding hydrogens is 368 g/mol. The maximum Gasteiger partial charge on any atom is 0.279 e. The lowest BCUT2D eigenvalue weighted by Crippen LogP contribution is -3.12. The lowest BCUT2D eigenvalue weighted by atomic mass is 10.1. The number of hydrogen-bond donors (Lipinski definition) is 2. The van der Waals surface area contributed by atoms with Gasteiger partial charge in [0.05, 0.1) is 15.6 Å². The average Bonchev–Trinajstić information content (AvgIpc) is 3.24. The van der Waals surface area contributed by atoms with E-state index < -0.39 is 0 Å². The van der Waals surface area contributed by atoms with E-state index in [1.165, 1.54) is 9.78 Å². The van der Waals surface area contributed by atoms with Gasteiger partial charge in [0.2, 0.25) is 0 Å². The number of carbonyl (C=O) groups is 1. The highest BCUT2D eigenvalue weighted by molar-refractivity contribution is 7.09. The van der Waals surface area contributed by atoms with E-state index in [0.717, 1.165) is 49.4 Å². The highest BCUT2D eigenvalue weighted by atomic mass is 35.5. The van der Waals surface area contributed by atoms with Crippen LogP contribution in [0.5, 0.6) is 0 Å². The number of rotatable bonds is 7. The standard InChI is InChI=1S/C20H25ClN2O2S/c1-14-9-15(2)20(18(21)10-14)22-19(24)13-23(11-16-5-3-7-25-16)12-17-6-4-8-26-17/h4,6,8-10,16H,3,5,7,11-13H2,1-2H3,(H,22,24)/p+1/t16-/m1/s1. The topological polar surface area (TPSA) is 42.8 Å². The summed E-state index contributed by atoms with van der Waals surface area (Å²) in [5.41, 5.74) is 2.80. The second-order valence-electron chi connectivity index (χ2n) is 7.01. The summed E-state index contributed by atoms with van der Waals surface area (Å²) in [5.74, 6) is -0.0107. The van der Waals surface area contributed by atoms with Gasteiger partial charge in [0.15, 0.2) is 6.54 Å². The third-order valence-corrected chi connectivity index (χ3v) is 5.83. The lowest BCUT2D eigenvalue weighted by Gasteiger charge is -2.22. The first-order valence-electron chi connectivity index (χ1n) is 9.05. The average molecular weight is 394 g/mol. The normalized spacial score (nSPS) is 18.0. The molecule has 2 atom stereocenters. The van der Waals surface area contributed by atoms with Gasteiger partial charge >= 0.3 is 0 Å². The first-order chi connectivity index (χ1) is 12.5. The smallest absolute Gasteiger partial charge is 0.279 e. The van der Waals surface area contributed by atoms with Crippen molar-refractivity contribution in [2.45, 2.75) is 39.3 Å². The van der Waals surface area contributed by atoms with Crippen LogP contribution in [-0.2, 0) is 16.1 Å². The minimum Gasteiger partial charge on any atom is -0.372 e. The van der Waals surface area contributed by atoms with Crippen LogP contribution in [-0.4, -0.2) is 31.7 Å². The largest absolute Gasteiger partial charge is 0.372 e. The van der Waals surface area contributed by atoms with Crippen LogP contribution in [0.25, 0.3) is 0 Å². The van der Waals surface area contributed by atoms with Crippen molar-refractivity contribution in [1.29, 1.82) is 0 Å². The Hall–Kier alpha value is -1.40. The Bertz CT molecular complexity index is 719. The van der Waals surface area contributed by atoms with E-state index in [-0.39, 0.29) is 12.0 Å². The van der Waals surface area contributed by atoms with Gasteiger partial charge in [0.1, 0.15) is 19.2 Å². The number of amides is 1. The Morgan fingerprint density at radius 1 is 1.42 bits per heavy atom. The summed E-state index contributed by atoms with van der Waals surface area (Å²) in [6.07, 6.45) is 2.45. The molecule has 140 valence electrons. The van der Waals surface area contributed by atoms with Gasteiger partial charge in [0.25, 0.3) is 5.91 Å². The predicted octanol–water partition coefficient (Wildman–Crippen LogP) is 3.22.